The molecule has 0 bridgehead atoms. The molecule has 4 rings (SSSR count). The molecule has 0 unspecified atom stereocenters. The zero-order valence-corrected chi connectivity index (χ0v) is 12.5. The Morgan fingerprint density at radius 3 is 2.91 bits per heavy atom. The summed E-state index contributed by atoms with van der Waals surface area (Å²) in [5.74, 6) is 0.737. The number of rotatable bonds is 1. The molecule has 22 heavy (non-hydrogen) atoms. The highest BCUT2D eigenvalue weighted by Crippen LogP contribution is 2.38. The average Bonchev–Trinajstić information content (AvgIpc) is 3.04. The lowest BCUT2D eigenvalue weighted by Crippen LogP contribution is -2.14. The zero-order valence-electron chi connectivity index (χ0n) is 12.5. The molecule has 5 nitrogen and oxygen atoms in total. The van der Waals surface area contributed by atoms with Crippen molar-refractivity contribution in [1.29, 1.82) is 0 Å². The largest absolute Gasteiger partial charge is 0.343 e. The number of pyridine rings is 1. The first kappa shape index (κ1) is 12.8. The van der Waals surface area contributed by atoms with Crippen molar-refractivity contribution in [3.05, 3.63) is 48.9 Å². The van der Waals surface area contributed by atoms with Crippen LogP contribution in [-0.2, 0) is 7.05 Å². The topological polar surface area (TPSA) is 54.6 Å². The van der Waals surface area contributed by atoms with E-state index in [9.17, 15) is 0 Å². The van der Waals surface area contributed by atoms with E-state index in [1.807, 2.05) is 18.5 Å². The van der Waals surface area contributed by atoms with Crippen LogP contribution < -0.4 is 5.32 Å². The van der Waals surface area contributed by atoms with E-state index >= 15 is 0 Å². The average molecular weight is 289 g/mol. The lowest BCUT2D eigenvalue weighted by atomic mass is 10.1. The molecular formula is C17H15N5. The summed E-state index contributed by atoms with van der Waals surface area (Å²) in [4.78, 5) is 13.0. The Morgan fingerprint density at radius 2 is 2.14 bits per heavy atom. The van der Waals surface area contributed by atoms with E-state index in [-0.39, 0.29) is 0 Å². The molecule has 0 spiro atoms. The van der Waals surface area contributed by atoms with Crippen molar-refractivity contribution >= 4 is 39.0 Å². The molecule has 1 aromatic carbocycles. The summed E-state index contributed by atoms with van der Waals surface area (Å²) in [6.07, 6.45) is 5.25. The second kappa shape index (κ2) is 4.53. The van der Waals surface area contributed by atoms with Crippen LogP contribution in [0.5, 0.6) is 0 Å². The van der Waals surface area contributed by atoms with E-state index in [1.54, 1.807) is 7.05 Å². The molecule has 0 saturated heterocycles. The molecule has 0 aliphatic carbocycles. The van der Waals surface area contributed by atoms with E-state index in [0.29, 0.717) is 0 Å². The molecule has 0 fully saturated rings. The molecule has 3 aromatic rings. The molecule has 108 valence electrons. The van der Waals surface area contributed by atoms with Gasteiger partial charge >= 0.3 is 0 Å². The number of amidine groups is 1. The van der Waals surface area contributed by atoms with Gasteiger partial charge in [0, 0.05) is 49.0 Å². The van der Waals surface area contributed by atoms with Gasteiger partial charge in [0.25, 0.3) is 0 Å². The molecule has 3 heterocycles. The SMILES string of the molecule is C=CN=C1Nc2c(ccc3c2c2cnccc2n3C)C1=NC. The smallest absolute Gasteiger partial charge is 0.156 e. The standard InChI is InChI=1S/C17H15N5/c1-4-20-17-16(18-2)10-5-6-13-14(15(10)21-17)11-9-19-8-7-12(11)22(13)3/h4-9H,1H2,2-3H3,(H,18,20,21). The van der Waals surface area contributed by atoms with Gasteiger partial charge in [-0.15, -0.1) is 0 Å². The first-order valence-electron chi connectivity index (χ1n) is 7.04. The molecule has 0 saturated carbocycles. The number of hydrogen-bond donors (Lipinski definition) is 1. The van der Waals surface area contributed by atoms with Gasteiger partial charge in [-0.2, -0.15) is 0 Å². The highest BCUT2D eigenvalue weighted by Gasteiger charge is 2.27. The summed E-state index contributed by atoms with van der Waals surface area (Å²) in [5.41, 5.74) is 5.27. The summed E-state index contributed by atoms with van der Waals surface area (Å²) in [6, 6.07) is 6.24. The van der Waals surface area contributed by atoms with E-state index < -0.39 is 0 Å². The summed E-state index contributed by atoms with van der Waals surface area (Å²) in [7, 11) is 3.85. The number of anilines is 1. The number of nitrogens with one attached hydrogen (secondary N) is 1. The summed E-state index contributed by atoms with van der Waals surface area (Å²) >= 11 is 0. The maximum absolute atomic E-state index is 4.38. The third kappa shape index (κ3) is 1.50. The fourth-order valence-electron chi connectivity index (χ4n) is 3.19. The molecule has 2 aromatic heterocycles. The maximum atomic E-state index is 4.38. The van der Waals surface area contributed by atoms with Gasteiger partial charge in [-0.1, -0.05) is 6.58 Å². The van der Waals surface area contributed by atoms with Crippen molar-refractivity contribution in [3.8, 4) is 0 Å². The van der Waals surface area contributed by atoms with Crippen molar-refractivity contribution in [1.82, 2.24) is 9.55 Å². The van der Waals surface area contributed by atoms with Gasteiger partial charge in [-0.3, -0.25) is 9.98 Å². The van der Waals surface area contributed by atoms with Gasteiger partial charge in [0.1, 0.15) is 5.71 Å². The Morgan fingerprint density at radius 1 is 1.27 bits per heavy atom. The second-order valence-corrected chi connectivity index (χ2v) is 5.19. The lowest BCUT2D eigenvalue weighted by molar-refractivity contribution is 1.01. The minimum absolute atomic E-state index is 0.737. The molecule has 0 radical (unpaired) electrons. The predicted molar refractivity (Wildman–Crippen MR) is 91.9 cm³/mol. The lowest BCUT2D eigenvalue weighted by Gasteiger charge is -2.02. The Bertz CT molecular complexity index is 991. The number of aryl methyl sites for hydroxylation is 1. The van der Waals surface area contributed by atoms with Gasteiger partial charge in [0.2, 0.25) is 0 Å². The fourth-order valence-corrected chi connectivity index (χ4v) is 3.19. The number of fused-ring (bicyclic) bond motifs is 5. The minimum Gasteiger partial charge on any atom is -0.343 e. The Kier molecular flexibility index (Phi) is 2.63. The minimum atomic E-state index is 0.737. The fraction of sp³-hybridized carbons (Fsp3) is 0.118. The van der Waals surface area contributed by atoms with Crippen molar-refractivity contribution in [3.63, 3.8) is 0 Å². The van der Waals surface area contributed by atoms with E-state index in [2.05, 4.69) is 50.6 Å². The molecule has 1 N–H and O–H groups in total. The maximum Gasteiger partial charge on any atom is 0.156 e. The van der Waals surface area contributed by atoms with Crippen LogP contribution in [0.2, 0.25) is 0 Å². The second-order valence-electron chi connectivity index (χ2n) is 5.19. The third-order valence-electron chi connectivity index (χ3n) is 4.14. The predicted octanol–water partition coefficient (Wildman–Crippen LogP) is 3.11. The Labute approximate surface area is 127 Å². The van der Waals surface area contributed by atoms with Crippen molar-refractivity contribution < 1.29 is 0 Å². The van der Waals surface area contributed by atoms with Crippen LogP contribution in [0.4, 0.5) is 5.69 Å². The first-order valence-corrected chi connectivity index (χ1v) is 7.04. The number of aromatic nitrogens is 2. The number of benzene rings is 1. The molecular weight excluding hydrogens is 274 g/mol. The first-order chi connectivity index (χ1) is 10.8. The van der Waals surface area contributed by atoms with Crippen molar-refractivity contribution in [2.24, 2.45) is 17.0 Å². The highest BCUT2D eigenvalue weighted by molar-refractivity contribution is 6.57. The third-order valence-corrected chi connectivity index (χ3v) is 4.14. The molecule has 0 amide bonds. The number of hydrogen-bond acceptors (Lipinski definition) is 3. The summed E-state index contributed by atoms with van der Waals surface area (Å²) < 4.78 is 2.18. The highest BCUT2D eigenvalue weighted by atomic mass is 15.1. The number of nitrogens with zero attached hydrogens (tertiary/aromatic N) is 4. The van der Waals surface area contributed by atoms with Gasteiger partial charge in [0.05, 0.1) is 16.7 Å². The van der Waals surface area contributed by atoms with Crippen LogP contribution >= 0.6 is 0 Å². The normalized spacial score (nSPS) is 17.4. The van der Waals surface area contributed by atoms with Crippen LogP contribution in [0.15, 0.2) is 53.4 Å². The number of aliphatic imine (C=N–C) groups is 2. The molecule has 1 aliphatic heterocycles. The summed E-state index contributed by atoms with van der Waals surface area (Å²) in [6.45, 7) is 3.68. The molecule has 5 heteroatoms. The molecule has 1 aliphatic rings. The van der Waals surface area contributed by atoms with Crippen LogP contribution in [-0.4, -0.2) is 28.1 Å². The van der Waals surface area contributed by atoms with Gasteiger partial charge in [-0.05, 0) is 18.2 Å². The van der Waals surface area contributed by atoms with Gasteiger partial charge in [-0.25, -0.2) is 4.99 Å². The van der Waals surface area contributed by atoms with E-state index in [0.717, 1.165) is 44.6 Å². The van der Waals surface area contributed by atoms with Crippen LogP contribution in [0, 0.1) is 0 Å². The van der Waals surface area contributed by atoms with E-state index in [1.165, 1.54) is 6.20 Å². The van der Waals surface area contributed by atoms with Crippen LogP contribution in [0.1, 0.15) is 5.56 Å². The van der Waals surface area contributed by atoms with Crippen molar-refractivity contribution in [2.75, 3.05) is 12.4 Å². The van der Waals surface area contributed by atoms with Crippen molar-refractivity contribution in [2.45, 2.75) is 0 Å². The van der Waals surface area contributed by atoms with Crippen LogP contribution in [0.3, 0.4) is 0 Å². The van der Waals surface area contributed by atoms with E-state index in [4.69, 9.17) is 0 Å². The van der Waals surface area contributed by atoms with Gasteiger partial charge in [0.15, 0.2) is 5.84 Å². The van der Waals surface area contributed by atoms with Crippen LogP contribution in [0.25, 0.3) is 21.8 Å². The van der Waals surface area contributed by atoms with Gasteiger partial charge < -0.3 is 9.88 Å². The monoisotopic (exact) mass is 289 g/mol. The quantitative estimate of drug-likeness (QED) is 0.748. The molecule has 0 atom stereocenters. The summed E-state index contributed by atoms with van der Waals surface area (Å²) in [5, 5.41) is 5.67. The zero-order chi connectivity index (χ0) is 15.3. The Hall–Kier alpha value is -2.95. The Balaban J connectivity index is 2.16.